The van der Waals surface area contributed by atoms with Crippen LogP contribution < -0.4 is 0 Å². The summed E-state index contributed by atoms with van der Waals surface area (Å²) in [5.74, 6) is 0. The second-order valence-corrected chi connectivity index (χ2v) is 4.96. The fourth-order valence-electron chi connectivity index (χ4n) is 2.64. The normalized spacial score (nSPS) is 11.4. The molecule has 4 aromatic rings. The molecule has 1 heterocycles. The smallest absolute Gasteiger partial charge is 0.116 e. The van der Waals surface area contributed by atoms with Crippen molar-refractivity contribution in [3.05, 3.63) is 60.0 Å². The van der Waals surface area contributed by atoms with Crippen LogP contribution in [0.25, 0.3) is 32.4 Å². The van der Waals surface area contributed by atoms with Crippen LogP contribution in [0.15, 0.2) is 55.0 Å². The van der Waals surface area contributed by atoms with E-state index in [2.05, 4.69) is 28.2 Å². The van der Waals surface area contributed by atoms with Crippen LogP contribution in [0.5, 0.6) is 0 Å². The van der Waals surface area contributed by atoms with E-state index in [9.17, 15) is 0 Å². The predicted molar refractivity (Wildman–Crippen MR) is 79.6 cm³/mol. The topological polar surface area (TPSA) is 25.8 Å². The van der Waals surface area contributed by atoms with Crippen molar-refractivity contribution in [1.82, 2.24) is 9.97 Å². The van der Waals surface area contributed by atoms with E-state index in [4.69, 9.17) is 11.6 Å². The van der Waals surface area contributed by atoms with Gasteiger partial charge >= 0.3 is 0 Å². The van der Waals surface area contributed by atoms with Crippen molar-refractivity contribution in [3.8, 4) is 0 Å². The molecule has 0 aliphatic carbocycles. The predicted octanol–water partition coefficient (Wildman–Crippen LogP) is 4.59. The third-order valence-electron chi connectivity index (χ3n) is 3.46. The number of fused-ring (bicyclic) bond motifs is 6. The van der Waals surface area contributed by atoms with Gasteiger partial charge in [-0.1, -0.05) is 41.9 Å². The van der Waals surface area contributed by atoms with Gasteiger partial charge in [0.05, 0.1) is 5.52 Å². The minimum absolute atomic E-state index is 0.725. The zero-order valence-corrected chi connectivity index (χ0v) is 10.7. The van der Waals surface area contributed by atoms with Crippen molar-refractivity contribution in [2.45, 2.75) is 0 Å². The van der Waals surface area contributed by atoms with Crippen LogP contribution >= 0.6 is 11.6 Å². The molecule has 0 amide bonds. The van der Waals surface area contributed by atoms with Gasteiger partial charge in [-0.25, -0.2) is 9.97 Å². The summed E-state index contributed by atoms with van der Waals surface area (Å²) < 4.78 is 0. The van der Waals surface area contributed by atoms with Gasteiger partial charge in [0.2, 0.25) is 0 Å². The minimum atomic E-state index is 0.725. The minimum Gasteiger partial charge on any atom is -0.244 e. The first-order chi connectivity index (χ1) is 9.34. The van der Waals surface area contributed by atoms with Crippen LogP contribution in [-0.2, 0) is 0 Å². The molecule has 0 atom stereocenters. The van der Waals surface area contributed by atoms with Gasteiger partial charge < -0.3 is 0 Å². The molecule has 0 radical (unpaired) electrons. The van der Waals surface area contributed by atoms with Gasteiger partial charge in [0.1, 0.15) is 6.33 Å². The first kappa shape index (κ1) is 10.7. The molecule has 0 N–H and O–H groups in total. The van der Waals surface area contributed by atoms with Crippen LogP contribution in [0.1, 0.15) is 0 Å². The number of rotatable bonds is 0. The van der Waals surface area contributed by atoms with Gasteiger partial charge in [-0.15, -0.1) is 0 Å². The molecule has 4 rings (SSSR count). The molecule has 0 fully saturated rings. The van der Waals surface area contributed by atoms with Crippen molar-refractivity contribution in [2.75, 3.05) is 0 Å². The Morgan fingerprint density at radius 2 is 1.53 bits per heavy atom. The van der Waals surface area contributed by atoms with E-state index in [0.717, 1.165) is 21.3 Å². The first-order valence-electron chi connectivity index (χ1n) is 6.04. The lowest BCUT2D eigenvalue weighted by atomic mass is 9.98. The van der Waals surface area contributed by atoms with Crippen LogP contribution in [0.3, 0.4) is 0 Å². The van der Waals surface area contributed by atoms with E-state index in [1.807, 2.05) is 30.5 Å². The standard InChI is InChI=1S/C16H9ClN2/c17-10-5-6-13-11-3-1-2-4-12(11)15-8-18-9-19-16(15)14(13)7-10/h1-9H. The number of nitrogens with zero attached hydrogens (tertiary/aromatic N) is 2. The number of benzene rings is 3. The maximum Gasteiger partial charge on any atom is 0.116 e. The average Bonchev–Trinajstić information content (AvgIpc) is 2.47. The Labute approximate surface area is 114 Å². The number of halogens is 1. The molecular weight excluding hydrogens is 256 g/mol. The molecule has 0 aliphatic heterocycles. The molecule has 3 heteroatoms. The van der Waals surface area contributed by atoms with Crippen LogP contribution in [-0.4, -0.2) is 9.97 Å². The van der Waals surface area contributed by atoms with E-state index in [0.29, 0.717) is 0 Å². The summed E-state index contributed by atoms with van der Waals surface area (Å²) >= 11 is 6.13. The summed E-state index contributed by atoms with van der Waals surface area (Å²) in [5.41, 5.74) is 0.950. The van der Waals surface area contributed by atoms with E-state index in [1.54, 1.807) is 6.33 Å². The summed E-state index contributed by atoms with van der Waals surface area (Å²) in [6.07, 6.45) is 3.45. The second kappa shape index (κ2) is 3.90. The van der Waals surface area contributed by atoms with Crippen LogP contribution in [0, 0.1) is 0 Å². The van der Waals surface area contributed by atoms with Gasteiger partial charge in [0.15, 0.2) is 0 Å². The maximum atomic E-state index is 6.13. The van der Waals surface area contributed by atoms with E-state index in [1.165, 1.54) is 16.2 Å². The summed E-state index contributed by atoms with van der Waals surface area (Å²) in [4.78, 5) is 8.58. The third kappa shape index (κ3) is 1.50. The maximum absolute atomic E-state index is 6.13. The lowest BCUT2D eigenvalue weighted by Crippen LogP contribution is -1.87. The Kier molecular flexibility index (Phi) is 2.20. The Morgan fingerprint density at radius 3 is 2.37 bits per heavy atom. The zero-order chi connectivity index (χ0) is 12.8. The first-order valence-corrected chi connectivity index (χ1v) is 6.42. The van der Waals surface area contributed by atoms with E-state index in [-0.39, 0.29) is 0 Å². The molecule has 2 nitrogen and oxygen atoms in total. The highest BCUT2D eigenvalue weighted by atomic mass is 35.5. The van der Waals surface area contributed by atoms with Crippen molar-refractivity contribution >= 4 is 44.0 Å². The molecule has 0 spiro atoms. The van der Waals surface area contributed by atoms with E-state index < -0.39 is 0 Å². The van der Waals surface area contributed by atoms with E-state index >= 15 is 0 Å². The Hall–Kier alpha value is -2.19. The van der Waals surface area contributed by atoms with Gasteiger partial charge in [0.25, 0.3) is 0 Å². The summed E-state index contributed by atoms with van der Waals surface area (Å²) in [7, 11) is 0. The quantitative estimate of drug-likeness (QED) is 0.434. The molecule has 0 unspecified atom stereocenters. The lowest BCUT2D eigenvalue weighted by molar-refractivity contribution is 1.23. The molecule has 0 saturated heterocycles. The SMILES string of the molecule is Clc1ccc2c3ccccc3c3cncnc3c2c1. The van der Waals surface area contributed by atoms with Gasteiger partial charge in [-0.2, -0.15) is 0 Å². The third-order valence-corrected chi connectivity index (χ3v) is 3.69. The summed E-state index contributed by atoms with van der Waals surface area (Å²) in [6.45, 7) is 0. The number of aromatic nitrogens is 2. The van der Waals surface area contributed by atoms with Gasteiger partial charge in [0, 0.05) is 22.0 Å². The fourth-order valence-corrected chi connectivity index (χ4v) is 2.81. The van der Waals surface area contributed by atoms with Crippen LogP contribution in [0.2, 0.25) is 5.02 Å². The highest BCUT2D eigenvalue weighted by Gasteiger charge is 2.09. The largest absolute Gasteiger partial charge is 0.244 e. The Bertz CT molecular complexity index is 896. The lowest BCUT2D eigenvalue weighted by Gasteiger charge is -2.08. The molecule has 19 heavy (non-hydrogen) atoms. The van der Waals surface area contributed by atoms with Crippen molar-refractivity contribution < 1.29 is 0 Å². The molecule has 90 valence electrons. The Morgan fingerprint density at radius 1 is 0.789 bits per heavy atom. The average molecular weight is 265 g/mol. The molecule has 1 aromatic heterocycles. The fraction of sp³-hybridized carbons (Fsp3) is 0. The molecular formula is C16H9ClN2. The number of hydrogen-bond donors (Lipinski definition) is 0. The summed E-state index contributed by atoms with van der Waals surface area (Å²) in [6, 6.07) is 14.3. The zero-order valence-electron chi connectivity index (χ0n) is 9.97. The second-order valence-electron chi connectivity index (χ2n) is 4.52. The number of hydrogen-bond acceptors (Lipinski definition) is 2. The Balaban J connectivity index is 2.43. The van der Waals surface area contributed by atoms with Crippen molar-refractivity contribution in [3.63, 3.8) is 0 Å². The molecule has 0 aliphatic rings. The molecule has 3 aromatic carbocycles. The molecule has 0 saturated carbocycles. The van der Waals surface area contributed by atoms with Gasteiger partial charge in [-0.3, -0.25) is 0 Å². The molecule has 0 bridgehead atoms. The summed E-state index contributed by atoms with van der Waals surface area (Å²) in [5, 5.41) is 6.41. The monoisotopic (exact) mass is 264 g/mol. The highest BCUT2D eigenvalue weighted by Crippen LogP contribution is 2.34. The highest BCUT2D eigenvalue weighted by molar-refractivity contribution is 6.33. The van der Waals surface area contributed by atoms with Crippen LogP contribution in [0.4, 0.5) is 0 Å². The van der Waals surface area contributed by atoms with Crippen molar-refractivity contribution in [1.29, 1.82) is 0 Å². The van der Waals surface area contributed by atoms with Crippen molar-refractivity contribution in [2.24, 2.45) is 0 Å². The van der Waals surface area contributed by atoms with Gasteiger partial charge in [-0.05, 0) is 28.3 Å².